The van der Waals surface area contributed by atoms with E-state index in [1.165, 1.54) is 0 Å². The van der Waals surface area contributed by atoms with Crippen LogP contribution in [-0.2, 0) is 21.3 Å². The van der Waals surface area contributed by atoms with E-state index in [4.69, 9.17) is 9.88 Å². The molecule has 0 saturated heterocycles. The predicted molar refractivity (Wildman–Crippen MR) is 98.6 cm³/mol. The summed E-state index contributed by atoms with van der Waals surface area (Å²) in [5.74, 6) is -1.36. The highest BCUT2D eigenvalue weighted by molar-refractivity contribution is 7.89. The summed E-state index contributed by atoms with van der Waals surface area (Å²) in [5, 5.41) is 8.19. The molecule has 0 amide bonds. The second-order valence-corrected chi connectivity index (χ2v) is 8.26. The van der Waals surface area contributed by atoms with Gasteiger partial charge in [0.05, 0.1) is 24.7 Å². The van der Waals surface area contributed by atoms with Gasteiger partial charge < -0.3 is 10.1 Å². The van der Waals surface area contributed by atoms with Gasteiger partial charge in [0, 0.05) is 30.4 Å². The molecule has 3 N–H and O–H groups in total. The van der Waals surface area contributed by atoms with E-state index in [0.29, 0.717) is 19.1 Å². The normalized spacial score (nSPS) is 21.6. The Balaban J connectivity index is 1.58. The number of aliphatic imine (C=N–C) groups is 1. The molecule has 7 nitrogen and oxygen atoms in total. The van der Waals surface area contributed by atoms with Crippen LogP contribution in [0, 0.1) is 11.6 Å². The van der Waals surface area contributed by atoms with Crippen LogP contribution in [0.3, 0.4) is 0 Å². The number of nitrogens with zero attached hydrogens (tertiary/aromatic N) is 2. The molecular weight excluding hydrogens is 390 g/mol. The number of nitrogens with two attached hydrogens (primary N) is 1. The van der Waals surface area contributed by atoms with Gasteiger partial charge >= 0.3 is 0 Å². The van der Waals surface area contributed by atoms with Gasteiger partial charge in [0.1, 0.15) is 11.6 Å². The Labute approximate surface area is 160 Å². The van der Waals surface area contributed by atoms with Crippen LogP contribution in [0.1, 0.15) is 5.56 Å². The Morgan fingerprint density at radius 1 is 1.36 bits per heavy atom. The van der Waals surface area contributed by atoms with Crippen LogP contribution in [0.2, 0.25) is 0 Å². The Bertz CT molecular complexity index is 1050. The van der Waals surface area contributed by atoms with E-state index < -0.39 is 26.6 Å². The summed E-state index contributed by atoms with van der Waals surface area (Å²) in [7, 11) is -2.63. The average molecular weight is 408 g/mol. The Morgan fingerprint density at radius 2 is 2.07 bits per heavy atom. The maximum absolute atomic E-state index is 14.4. The number of fused-ring (bicyclic) bond motifs is 2. The Hall–Kier alpha value is -2.56. The van der Waals surface area contributed by atoms with Gasteiger partial charge in [-0.15, -0.1) is 0 Å². The number of hydrogen-bond acceptors (Lipinski definition) is 6. The number of rotatable bonds is 3. The molecule has 0 aromatic heterocycles. The minimum Gasteiger partial charge on any atom is -0.481 e. The highest BCUT2D eigenvalue weighted by Gasteiger charge is 2.31. The number of nitrogens with one attached hydrogen (secondary N) is 1. The molecule has 0 saturated carbocycles. The molecule has 0 bridgehead atoms. The molecule has 1 atom stereocenters. The number of allylic oxidation sites excluding steroid dienone is 1. The Morgan fingerprint density at radius 3 is 2.71 bits per heavy atom. The van der Waals surface area contributed by atoms with Crippen molar-refractivity contribution in [3.05, 3.63) is 64.4 Å². The molecule has 2 aliphatic heterocycles. The first-order chi connectivity index (χ1) is 13.3. The van der Waals surface area contributed by atoms with Gasteiger partial charge in [-0.25, -0.2) is 27.3 Å². The molecule has 4 rings (SSSR count). The minimum absolute atomic E-state index is 0.0357. The topological polar surface area (TPSA) is 97.0 Å². The van der Waals surface area contributed by atoms with Crippen LogP contribution >= 0.6 is 0 Å². The smallest absolute Gasteiger partial charge is 0.238 e. The summed E-state index contributed by atoms with van der Waals surface area (Å²) in [4.78, 5) is 5.66. The van der Waals surface area contributed by atoms with Crippen molar-refractivity contribution in [2.24, 2.45) is 10.1 Å². The predicted octanol–water partition coefficient (Wildman–Crippen LogP) is 1.15. The van der Waals surface area contributed by atoms with Gasteiger partial charge in [-0.1, -0.05) is 6.08 Å². The average Bonchev–Trinajstić information content (AvgIpc) is 3.07. The lowest BCUT2D eigenvalue weighted by Gasteiger charge is -2.34. The molecule has 2 heterocycles. The monoisotopic (exact) mass is 408 g/mol. The molecule has 1 aromatic rings. The summed E-state index contributed by atoms with van der Waals surface area (Å²) < 4.78 is 56.6. The van der Waals surface area contributed by atoms with E-state index >= 15 is 0 Å². The van der Waals surface area contributed by atoms with Crippen LogP contribution in [0.5, 0.6) is 0 Å². The maximum Gasteiger partial charge on any atom is 0.238 e. The number of halogens is 2. The first kappa shape index (κ1) is 18.8. The molecule has 0 radical (unpaired) electrons. The lowest BCUT2D eigenvalue weighted by atomic mass is 9.91. The molecule has 1 unspecified atom stereocenters. The number of benzene rings is 1. The second kappa shape index (κ2) is 6.80. The zero-order chi connectivity index (χ0) is 20.1. The van der Waals surface area contributed by atoms with Crippen molar-refractivity contribution in [3.8, 4) is 0 Å². The maximum atomic E-state index is 14.4. The lowest BCUT2D eigenvalue weighted by molar-refractivity contribution is 0.252. The summed E-state index contributed by atoms with van der Waals surface area (Å²) in [5.41, 5.74) is 2.70. The van der Waals surface area contributed by atoms with Crippen LogP contribution < -0.4 is 10.5 Å². The van der Waals surface area contributed by atoms with Crippen LogP contribution in [0.25, 0.3) is 0 Å². The van der Waals surface area contributed by atoms with E-state index in [0.717, 1.165) is 29.0 Å². The van der Waals surface area contributed by atoms with E-state index in [1.54, 1.807) is 7.11 Å². The largest absolute Gasteiger partial charge is 0.481 e. The van der Waals surface area contributed by atoms with E-state index in [1.807, 2.05) is 23.1 Å². The van der Waals surface area contributed by atoms with Crippen LogP contribution in [0.4, 0.5) is 8.78 Å². The molecule has 3 aliphatic rings. The van der Waals surface area contributed by atoms with Gasteiger partial charge in [0.15, 0.2) is 0 Å². The van der Waals surface area contributed by atoms with Crippen molar-refractivity contribution in [2.45, 2.75) is 17.5 Å². The molecule has 148 valence electrons. The molecule has 1 aliphatic carbocycles. The fourth-order valence-electron chi connectivity index (χ4n) is 3.48. The number of sulfonamides is 1. The van der Waals surface area contributed by atoms with Crippen LogP contribution in [-0.4, -0.2) is 45.6 Å². The fourth-order valence-corrected chi connectivity index (χ4v) is 4.01. The van der Waals surface area contributed by atoms with Crippen molar-refractivity contribution in [2.75, 3.05) is 20.3 Å². The van der Waals surface area contributed by atoms with E-state index in [2.05, 4.69) is 10.3 Å². The highest BCUT2D eigenvalue weighted by atomic mass is 32.2. The third kappa shape index (κ3) is 3.34. The number of ether oxygens (including phenoxy) is 1. The first-order valence-electron chi connectivity index (χ1n) is 8.48. The van der Waals surface area contributed by atoms with Gasteiger partial charge in [0.25, 0.3) is 0 Å². The van der Waals surface area contributed by atoms with Gasteiger partial charge in [0.2, 0.25) is 15.9 Å². The first-order valence-corrected chi connectivity index (χ1v) is 10.0. The van der Waals surface area contributed by atoms with Gasteiger partial charge in [-0.05, 0) is 29.4 Å². The standard InChI is InChI=1S/C18H18F2N4O3S/c1-27-18-6-11-12-7-24(9-22-16(12)2-3-17(11)23-18)8-13-14(19)4-10(5-15(13)20)28(21,25)26/h2-6,17,22H,7-9H2,1H3,(H2,21,25,26). The SMILES string of the molecule is COC1=NC2C=CC3=C(CN(Cc4c(F)cc(S(N)(=O)=O)cc4F)CN3)C2=C1. The Kier molecular flexibility index (Phi) is 4.56. The summed E-state index contributed by atoms with van der Waals surface area (Å²) in [6.07, 6.45) is 5.76. The van der Waals surface area contributed by atoms with Crippen molar-refractivity contribution in [1.82, 2.24) is 10.2 Å². The molecule has 0 fully saturated rings. The van der Waals surface area contributed by atoms with Crippen molar-refractivity contribution >= 4 is 15.9 Å². The zero-order valence-electron chi connectivity index (χ0n) is 14.9. The summed E-state index contributed by atoms with van der Waals surface area (Å²) >= 11 is 0. The third-order valence-corrected chi connectivity index (χ3v) is 5.78. The number of methoxy groups -OCH3 is 1. The molecule has 28 heavy (non-hydrogen) atoms. The van der Waals surface area contributed by atoms with Crippen molar-refractivity contribution in [3.63, 3.8) is 0 Å². The van der Waals surface area contributed by atoms with Gasteiger partial charge in [-0.2, -0.15) is 0 Å². The quantitative estimate of drug-likeness (QED) is 0.782. The minimum atomic E-state index is -4.18. The highest BCUT2D eigenvalue weighted by Crippen LogP contribution is 2.32. The van der Waals surface area contributed by atoms with E-state index in [9.17, 15) is 17.2 Å². The molecular formula is C18H18F2N4O3S. The van der Waals surface area contributed by atoms with Crippen molar-refractivity contribution < 1.29 is 21.9 Å². The summed E-state index contributed by atoms with van der Waals surface area (Å²) in [6, 6.07) is 1.36. The molecule has 0 spiro atoms. The van der Waals surface area contributed by atoms with Gasteiger partial charge in [-0.3, -0.25) is 4.90 Å². The molecule has 1 aromatic carbocycles. The second-order valence-electron chi connectivity index (χ2n) is 6.70. The fraction of sp³-hybridized carbons (Fsp3) is 0.278. The lowest BCUT2D eigenvalue weighted by Crippen LogP contribution is -2.42. The third-order valence-electron chi connectivity index (χ3n) is 4.89. The number of hydrogen-bond donors (Lipinski definition) is 2. The summed E-state index contributed by atoms with van der Waals surface area (Å²) in [6.45, 7) is 0.804. The number of primary sulfonamides is 1. The van der Waals surface area contributed by atoms with Crippen molar-refractivity contribution in [1.29, 1.82) is 0 Å². The van der Waals surface area contributed by atoms with E-state index in [-0.39, 0.29) is 18.2 Å². The molecule has 10 heteroatoms. The zero-order valence-corrected chi connectivity index (χ0v) is 15.8. The van der Waals surface area contributed by atoms with Crippen LogP contribution in [0.15, 0.2) is 57.1 Å².